The summed E-state index contributed by atoms with van der Waals surface area (Å²) in [6.45, 7) is -0.433. The molecular formula is C11H13N3O2. The van der Waals surface area contributed by atoms with Crippen LogP contribution in [-0.2, 0) is 11.2 Å². The Morgan fingerprint density at radius 1 is 1.44 bits per heavy atom. The largest absolute Gasteiger partial charge is 0.395 e. The molecule has 0 aliphatic carbocycles. The number of carbonyl (C=O) groups is 1. The van der Waals surface area contributed by atoms with Crippen molar-refractivity contribution in [1.29, 1.82) is 0 Å². The van der Waals surface area contributed by atoms with Crippen LogP contribution in [-0.4, -0.2) is 23.5 Å². The van der Waals surface area contributed by atoms with E-state index < -0.39 is 12.6 Å². The zero-order valence-corrected chi connectivity index (χ0v) is 8.78. The molecule has 0 heterocycles. The third-order valence-electron chi connectivity index (χ3n) is 2.24. The third-order valence-corrected chi connectivity index (χ3v) is 2.24. The van der Waals surface area contributed by atoms with E-state index in [0.29, 0.717) is 6.42 Å². The van der Waals surface area contributed by atoms with E-state index >= 15 is 0 Å². The summed E-state index contributed by atoms with van der Waals surface area (Å²) in [6, 6.07) is 8.60. The Morgan fingerprint density at radius 2 is 2.12 bits per heavy atom. The van der Waals surface area contributed by atoms with E-state index in [4.69, 9.17) is 10.6 Å². The number of aliphatic hydroxyl groups is 1. The van der Waals surface area contributed by atoms with Crippen LogP contribution in [0.15, 0.2) is 35.4 Å². The lowest BCUT2D eigenvalue weighted by atomic mass is 10.0. The number of azide groups is 1. The topological polar surface area (TPSA) is 86.1 Å². The summed E-state index contributed by atoms with van der Waals surface area (Å²) in [5.74, 6) is -0.232. The van der Waals surface area contributed by atoms with Gasteiger partial charge >= 0.3 is 0 Å². The fourth-order valence-electron chi connectivity index (χ4n) is 1.34. The summed E-state index contributed by atoms with van der Waals surface area (Å²) in [6.07, 6.45) is 0.866. The number of benzene rings is 1. The molecule has 0 aromatic heterocycles. The molecule has 0 radical (unpaired) electrons. The van der Waals surface area contributed by atoms with Crippen LogP contribution in [0.25, 0.3) is 10.4 Å². The zero-order valence-electron chi connectivity index (χ0n) is 8.78. The number of ketones is 1. The van der Waals surface area contributed by atoms with E-state index in [1.807, 2.05) is 30.3 Å². The minimum atomic E-state index is -0.950. The van der Waals surface area contributed by atoms with Crippen molar-refractivity contribution in [1.82, 2.24) is 0 Å². The van der Waals surface area contributed by atoms with Gasteiger partial charge in [0.25, 0.3) is 0 Å². The second kappa shape index (κ2) is 6.61. The van der Waals surface area contributed by atoms with Crippen molar-refractivity contribution in [3.05, 3.63) is 46.3 Å². The van der Waals surface area contributed by atoms with E-state index in [1.165, 1.54) is 0 Å². The van der Waals surface area contributed by atoms with Crippen LogP contribution < -0.4 is 0 Å². The summed E-state index contributed by atoms with van der Waals surface area (Å²) in [7, 11) is 0. The molecule has 16 heavy (non-hydrogen) atoms. The molecule has 1 aromatic carbocycles. The molecule has 1 N–H and O–H groups in total. The van der Waals surface area contributed by atoms with Gasteiger partial charge in [-0.15, -0.1) is 0 Å². The smallest absolute Gasteiger partial charge is 0.144 e. The highest BCUT2D eigenvalue weighted by atomic mass is 16.3. The lowest BCUT2D eigenvalue weighted by molar-refractivity contribution is -0.121. The van der Waals surface area contributed by atoms with Crippen molar-refractivity contribution in [2.75, 3.05) is 6.61 Å². The second-order valence-corrected chi connectivity index (χ2v) is 3.36. The molecule has 0 aliphatic heterocycles. The second-order valence-electron chi connectivity index (χ2n) is 3.36. The molecule has 1 rings (SSSR count). The van der Waals surface area contributed by atoms with Crippen LogP contribution in [0.1, 0.15) is 12.0 Å². The van der Waals surface area contributed by atoms with Gasteiger partial charge in [-0.05, 0) is 17.5 Å². The Morgan fingerprint density at radius 3 is 2.69 bits per heavy atom. The molecule has 0 fully saturated rings. The molecule has 0 spiro atoms. The Balaban J connectivity index is 2.49. The molecule has 0 saturated carbocycles. The summed E-state index contributed by atoms with van der Waals surface area (Å²) in [4.78, 5) is 14.0. The molecule has 1 aromatic rings. The molecule has 84 valence electrons. The first-order valence-corrected chi connectivity index (χ1v) is 4.99. The van der Waals surface area contributed by atoms with Gasteiger partial charge in [0.1, 0.15) is 11.8 Å². The van der Waals surface area contributed by atoms with Crippen molar-refractivity contribution in [3.63, 3.8) is 0 Å². The monoisotopic (exact) mass is 219 g/mol. The lowest BCUT2D eigenvalue weighted by Crippen LogP contribution is -2.22. The van der Waals surface area contributed by atoms with E-state index in [0.717, 1.165) is 5.56 Å². The van der Waals surface area contributed by atoms with Crippen molar-refractivity contribution >= 4 is 5.78 Å². The number of rotatable bonds is 6. The lowest BCUT2D eigenvalue weighted by Gasteiger charge is -2.06. The van der Waals surface area contributed by atoms with E-state index in [1.54, 1.807) is 0 Å². The van der Waals surface area contributed by atoms with Gasteiger partial charge < -0.3 is 5.11 Å². The van der Waals surface area contributed by atoms with Gasteiger partial charge in [0.15, 0.2) is 0 Å². The van der Waals surface area contributed by atoms with Gasteiger partial charge in [0.05, 0.1) is 6.61 Å². The summed E-state index contributed by atoms with van der Waals surface area (Å²) < 4.78 is 0. The normalized spacial score (nSPS) is 11.6. The highest BCUT2D eigenvalue weighted by molar-refractivity contribution is 5.84. The van der Waals surface area contributed by atoms with Gasteiger partial charge in [-0.2, -0.15) is 0 Å². The van der Waals surface area contributed by atoms with E-state index in [9.17, 15) is 4.79 Å². The zero-order chi connectivity index (χ0) is 11.8. The summed E-state index contributed by atoms with van der Waals surface area (Å²) in [5.41, 5.74) is 9.25. The predicted molar refractivity (Wildman–Crippen MR) is 59.8 cm³/mol. The SMILES string of the molecule is [N-]=[N+]=N[C@H](CO)C(=O)CCc1ccccc1. The molecular weight excluding hydrogens is 206 g/mol. The molecule has 5 nitrogen and oxygen atoms in total. The molecule has 5 heteroatoms. The Kier molecular flexibility index (Phi) is 5.05. The standard InChI is InChI=1S/C11H13N3O2/c12-14-13-10(8-15)11(16)7-6-9-4-2-1-3-5-9/h1-5,10,15H,6-8H2/t10-/m1/s1. The fraction of sp³-hybridized carbons (Fsp3) is 0.364. The average molecular weight is 219 g/mol. The molecule has 0 aliphatic rings. The maximum atomic E-state index is 11.5. The number of aliphatic hydroxyl groups excluding tert-OH is 1. The van der Waals surface area contributed by atoms with Gasteiger partial charge in [0.2, 0.25) is 0 Å². The molecule has 0 amide bonds. The van der Waals surface area contributed by atoms with Crippen molar-refractivity contribution < 1.29 is 9.90 Å². The molecule has 0 bridgehead atoms. The number of hydrogen-bond donors (Lipinski definition) is 1. The first kappa shape index (κ1) is 12.2. The summed E-state index contributed by atoms with van der Waals surface area (Å²) >= 11 is 0. The first-order valence-electron chi connectivity index (χ1n) is 4.99. The van der Waals surface area contributed by atoms with Crippen LogP contribution in [0.4, 0.5) is 0 Å². The summed E-state index contributed by atoms with van der Waals surface area (Å²) in [5, 5.41) is 12.1. The van der Waals surface area contributed by atoms with Crippen LogP contribution in [0.3, 0.4) is 0 Å². The number of aryl methyl sites for hydroxylation is 1. The van der Waals surface area contributed by atoms with Gasteiger partial charge in [-0.25, -0.2) is 0 Å². The molecule has 1 atom stereocenters. The molecule has 0 unspecified atom stereocenters. The maximum absolute atomic E-state index is 11.5. The highest BCUT2D eigenvalue weighted by Crippen LogP contribution is 2.05. The minimum Gasteiger partial charge on any atom is -0.395 e. The Labute approximate surface area is 93.3 Å². The van der Waals surface area contributed by atoms with Crippen LogP contribution in [0.5, 0.6) is 0 Å². The number of hydrogen-bond acceptors (Lipinski definition) is 3. The Bertz CT molecular complexity index is 385. The van der Waals surface area contributed by atoms with Crippen molar-refractivity contribution in [2.45, 2.75) is 18.9 Å². The fourth-order valence-corrected chi connectivity index (χ4v) is 1.34. The van der Waals surface area contributed by atoms with Gasteiger partial charge in [0, 0.05) is 11.3 Å². The Hall–Kier alpha value is -1.84. The van der Waals surface area contributed by atoms with Crippen LogP contribution in [0, 0.1) is 0 Å². The first-order chi connectivity index (χ1) is 7.77. The van der Waals surface area contributed by atoms with Crippen LogP contribution >= 0.6 is 0 Å². The minimum absolute atomic E-state index is 0.232. The van der Waals surface area contributed by atoms with E-state index in [2.05, 4.69) is 10.0 Å². The number of carbonyl (C=O) groups excluding carboxylic acids is 1. The molecule has 0 saturated heterocycles. The van der Waals surface area contributed by atoms with Crippen LogP contribution in [0.2, 0.25) is 0 Å². The van der Waals surface area contributed by atoms with Crippen molar-refractivity contribution in [3.8, 4) is 0 Å². The van der Waals surface area contributed by atoms with Gasteiger partial charge in [-0.3, -0.25) is 4.79 Å². The number of Topliss-reactive ketones (excluding diaryl/α,β-unsaturated/α-hetero) is 1. The maximum Gasteiger partial charge on any atom is 0.144 e. The van der Waals surface area contributed by atoms with Crippen molar-refractivity contribution in [2.24, 2.45) is 5.11 Å². The average Bonchev–Trinajstić information content (AvgIpc) is 2.34. The van der Waals surface area contributed by atoms with Gasteiger partial charge in [-0.1, -0.05) is 35.4 Å². The predicted octanol–water partition coefficient (Wildman–Crippen LogP) is 1.86. The third kappa shape index (κ3) is 3.73. The highest BCUT2D eigenvalue weighted by Gasteiger charge is 2.14. The quantitative estimate of drug-likeness (QED) is 0.449. The van der Waals surface area contributed by atoms with E-state index in [-0.39, 0.29) is 12.2 Å². The number of nitrogens with zero attached hydrogens (tertiary/aromatic N) is 3.